The molecule has 9 heteroatoms. The molecule has 0 N–H and O–H groups in total. The Morgan fingerprint density at radius 2 is 1.88 bits per heavy atom. The van der Waals surface area contributed by atoms with Crippen molar-refractivity contribution in [3.8, 4) is 5.75 Å². The predicted octanol–water partition coefficient (Wildman–Crippen LogP) is 4.48. The monoisotopic (exact) mass is 460 g/mol. The molecule has 3 aromatic rings. The number of esters is 1. The Bertz CT molecular complexity index is 1090. The number of hydrogen-bond acceptors (Lipinski definition) is 6. The largest absolute Gasteiger partial charge is 0.488 e. The van der Waals surface area contributed by atoms with Crippen molar-refractivity contribution in [2.24, 2.45) is 0 Å². The van der Waals surface area contributed by atoms with Crippen molar-refractivity contribution in [1.82, 2.24) is 10.1 Å². The lowest BCUT2D eigenvalue weighted by Crippen LogP contribution is -2.31. The van der Waals surface area contributed by atoms with Crippen LogP contribution in [-0.4, -0.2) is 35.6 Å². The van der Waals surface area contributed by atoms with Crippen molar-refractivity contribution in [1.29, 1.82) is 0 Å². The van der Waals surface area contributed by atoms with Gasteiger partial charge in [-0.15, -0.1) is 0 Å². The zero-order valence-electron chi connectivity index (χ0n) is 17.9. The molecular weight excluding hydrogens is 439 g/mol. The minimum Gasteiger partial charge on any atom is -0.488 e. The molecule has 1 heterocycles. The Morgan fingerprint density at radius 3 is 2.56 bits per heavy atom. The first-order valence-electron chi connectivity index (χ1n) is 9.75. The van der Waals surface area contributed by atoms with Crippen molar-refractivity contribution in [2.45, 2.75) is 27.0 Å². The fourth-order valence-electron chi connectivity index (χ4n) is 2.94. The van der Waals surface area contributed by atoms with Gasteiger partial charge in [0.1, 0.15) is 29.5 Å². The summed E-state index contributed by atoms with van der Waals surface area (Å²) in [6, 6.07) is 10.8. The lowest BCUT2D eigenvalue weighted by molar-refractivity contribution is -0.133. The fraction of sp³-hybridized carbons (Fsp3) is 0.261. The van der Waals surface area contributed by atoms with E-state index < -0.39 is 24.3 Å². The maximum atomic E-state index is 13.9. The van der Waals surface area contributed by atoms with Gasteiger partial charge < -0.3 is 18.9 Å². The number of carbonyl (C=O) groups is 2. The van der Waals surface area contributed by atoms with Crippen LogP contribution >= 0.6 is 11.6 Å². The maximum Gasteiger partial charge on any atom is 0.342 e. The number of aromatic nitrogens is 1. The van der Waals surface area contributed by atoms with Gasteiger partial charge in [0, 0.05) is 24.2 Å². The van der Waals surface area contributed by atoms with Gasteiger partial charge in [0.15, 0.2) is 6.61 Å². The second kappa shape index (κ2) is 10.3. The molecular formula is C23H22ClFN2O5. The minimum atomic E-state index is -0.718. The second-order valence-corrected chi connectivity index (χ2v) is 7.52. The van der Waals surface area contributed by atoms with Gasteiger partial charge in [-0.1, -0.05) is 35.0 Å². The second-order valence-electron chi connectivity index (χ2n) is 7.11. The summed E-state index contributed by atoms with van der Waals surface area (Å²) in [5, 5.41) is 4.09. The molecule has 32 heavy (non-hydrogen) atoms. The molecule has 0 saturated heterocycles. The predicted molar refractivity (Wildman–Crippen MR) is 115 cm³/mol. The fourth-order valence-corrected chi connectivity index (χ4v) is 3.17. The smallest absolute Gasteiger partial charge is 0.342 e. The number of halogens is 2. The van der Waals surface area contributed by atoms with Crippen molar-refractivity contribution in [3.63, 3.8) is 0 Å². The number of para-hydroxylation sites is 1. The van der Waals surface area contributed by atoms with E-state index in [1.54, 1.807) is 32.0 Å². The summed E-state index contributed by atoms with van der Waals surface area (Å²) in [6.07, 6.45) is 0. The zero-order valence-corrected chi connectivity index (χ0v) is 18.6. The SMILES string of the molecule is Cc1noc(C)c1COc1ccccc1C(=O)OCC(=O)N(C)Cc1c(F)cccc1Cl. The van der Waals surface area contributed by atoms with Gasteiger partial charge in [-0.05, 0) is 38.1 Å². The number of hydrogen-bond donors (Lipinski definition) is 0. The normalized spacial score (nSPS) is 10.7. The van der Waals surface area contributed by atoms with Gasteiger partial charge in [0.2, 0.25) is 0 Å². The highest BCUT2D eigenvalue weighted by Crippen LogP contribution is 2.23. The van der Waals surface area contributed by atoms with Gasteiger partial charge in [-0.25, -0.2) is 9.18 Å². The highest BCUT2D eigenvalue weighted by atomic mass is 35.5. The Kier molecular flexibility index (Phi) is 7.48. The molecule has 0 saturated carbocycles. The Hall–Kier alpha value is -3.39. The van der Waals surface area contributed by atoms with Crippen LogP contribution in [0.2, 0.25) is 5.02 Å². The summed E-state index contributed by atoms with van der Waals surface area (Å²) in [7, 11) is 1.47. The highest BCUT2D eigenvalue weighted by molar-refractivity contribution is 6.31. The summed E-state index contributed by atoms with van der Waals surface area (Å²) in [4.78, 5) is 26.2. The molecule has 3 rings (SSSR count). The molecule has 0 bridgehead atoms. The first-order chi connectivity index (χ1) is 15.3. The van der Waals surface area contributed by atoms with Crippen molar-refractivity contribution >= 4 is 23.5 Å². The van der Waals surface area contributed by atoms with E-state index in [-0.39, 0.29) is 29.3 Å². The lowest BCUT2D eigenvalue weighted by Gasteiger charge is -2.18. The van der Waals surface area contributed by atoms with E-state index >= 15 is 0 Å². The zero-order chi connectivity index (χ0) is 23.3. The molecule has 0 aliphatic carbocycles. The average Bonchev–Trinajstić information content (AvgIpc) is 3.10. The Balaban J connectivity index is 1.60. The molecule has 7 nitrogen and oxygen atoms in total. The average molecular weight is 461 g/mol. The van der Waals surface area contributed by atoms with Crippen LogP contribution in [0.4, 0.5) is 4.39 Å². The number of ether oxygens (including phenoxy) is 2. The van der Waals surface area contributed by atoms with Crippen LogP contribution in [0.25, 0.3) is 0 Å². The topological polar surface area (TPSA) is 81.9 Å². The van der Waals surface area contributed by atoms with E-state index in [1.165, 1.54) is 36.2 Å². The maximum absolute atomic E-state index is 13.9. The van der Waals surface area contributed by atoms with Crippen LogP contribution < -0.4 is 4.74 Å². The summed E-state index contributed by atoms with van der Waals surface area (Å²) in [5.74, 6) is -0.807. The lowest BCUT2D eigenvalue weighted by atomic mass is 10.2. The van der Waals surface area contributed by atoms with Crippen LogP contribution in [0.3, 0.4) is 0 Å². The molecule has 0 aliphatic rings. The van der Waals surface area contributed by atoms with Crippen LogP contribution in [0.15, 0.2) is 47.0 Å². The molecule has 1 amide bonds. The number of nitrogens with zero attached hydrogens (tertiary/aromatic N) is 2. The first kappa shape index (κ1) is 23.3. The third-order valence-electron chi connectivity index (χ3n) is 4.87. The molecule has 2 aromatic carbocycles. The number of rotatable bonds is 8. The van der Waals surface area contributed by atoms with Gasteiger partial charge >= 0.3 is 5.97 Å². The summed E-state index contributed by atoms with van der Waals surface area (Å²) < 4.78 is 30.0. The van der Waals surface area contributed by atoms with Crippen LogP contribution in [0, 0.1) is 19.7 Å². The molecule has 0 aliphatic heterocycles. The number of likely N-dealkylation sites (N-methyl/N-ethyl adjacent to an activating group) is 1. The van der Waals surface area contributed by atoms with E-state index in [0.29, 0.717) is 17.2 Å². The standard InChI is InChI=1S/C23H22ClFN2O5/c1-14-18(15(2)32-26-14)12-30-21-10-5-4-7-16(21)23(29)31-13-22(28)27(3)11-17-19(24)8-6-9-20(17)25/h4-10H,11-13H2,1-3H3. The molecule has 0 radical (unpaired) electrons. The molecule has 0 spiro atoms. The van der Waals surface area contributed by atoms with Gasteiger partial charge in [0.05, 0.1) is 11.3 Å². The Morgan fingerprint density at radius 1 is 1.12 bits per heavy atom. The third-order valence-corrected chi connectivity index (χ3v) is 5.22. The molecule has 0 unspecified atom stereocenters. The Labute approximate surface area is 189 Å². The first-order valence-corrected chi connectivity index (χ1v) is 10.1. The number of aryl methyl sites for hydroxylation is 2. The van der Waals surface area contributed by atoms with Crippen molar-refractivity contribution in [3.05, 3.63) is 81.4 Å². The third kappa shape index (κ3) is 5.45. The summed E-state index contributed by atoms with van der Waals surface area (Å²) >= 11 is 6.00. The molecule has 1 aromatic heterocycles. The summed E-state index contributed by atoms with van der Waals surface area (Å²) in [6.45, 7) is 3.16. The molecule has 0 atom stereocenters. The van der Waals surface area contributed by atoms with Crippen molar-refractivity contribution in [2.75, 3.05) is 13.7 Å². The van der Waals surface area contributed by atoms with Crippen LogP contribution in [-0.2, 0) is 22.7 Å². The number of amides is 1. The number of carbonyl (C=O) groups excluding carboxylic acids is 2. The molecule has 168 valence electrons. The van der Waals surface area contributed by atoms with Gasteiger partial charge in [-0.2, -0.15) is 0 Å². The van der Waals surface area contributed by atoms with E-state index in [0.717, 1.165) is 5.56 Å². The van der Waals surface area contributed by atoms with E-state index in [4.69, 9.17) is 25.6 Å². The van der Waals surface area contributed by atoms with E-state index in [1.807, 2.05) is 0 Å². The van der Waals surface area contributed by atoms with Gasteiger partial charge in [0.25, 0.3) is 5.91 Å². The van der Waals surface area contributed by atoms with Crippen LogP contribution in [0.5, 0.6) is 5.75 Å². The minimum absolute atomic E-state index is 0.0565. The highest BCUT2D eigenvalue weighted by Gasteiger charge is 2.19. The van der Waals surface area contributed by atoms with Crippen LogP contribution in [0.1, 0.15) is 32.9 Å². The molecule has 0 fully saturated rings. The summed E-state index contributed by atoms with van der Waals surface area (Å²) in [5.41, 5.74) is 1.85. The quantitative estimate of drug-likeness (QED) is 0.461. The van der Waals surface area contributed by atoms with Gasteiger partial charge in [-0.3, -0.25) is 4.79 Å². The van der Waals surface area contributed by atoms with E-state index in [2.05, 4.69) is 5.16 Å². The van der Waals surface area contributed by atoms with E-state index in [9.17, 15) is 14.0 Å². The number of benzene rings is 2. The van der Waals surface area contributed by atoms with Crippen molar-refractivity contribution < 1.29 is 28.0 Å².